The number of rotatable bonds is 2. The van der Waals surface area contributed by atoms with Crippen LogP contribution in [0.2, 0.25) is 0 Å². The molecule has 0 spiro atoms. The first-order valence-electron chi connectivity index (χ1n) is 6.74. The normalized spacial score (nSPS) is 12.9. The Morgan fingerprint density at radius 3 is 2.90 bits per heavy atom. The van der Waals surface area contributed by atoms with Crippen molar-refractivity contribution in [2.24, 2.45) is 7.05 Å². The summed E-state index contributed by atoms with van der Waals surface area (Å²) in [6, 6.07) is 5.79. The Labute approximate surface area is 118 Å². The van der Waals surface area contributed by atoms with Crippen LogP contribution in [-0.2, 0) is 13.5 Å². The fourth-order valence-corrected chi connectivity index (χ4v) is 2.59. The maximum atomic E-state index is 12.4. The minimum atomic E-state index is -0.0844. The summed E-state index contributed by atoms with van der Waals surface area (Å²) in [5, 5.41) is 10.6. The second-order valence-electron chi connectivity index (χ2n) is 5.17. The lowest BCUT2D eigenvalue weighted by Crippen LogP contribution is -2.13. The molecule has 0 aliphatic carbocycles. The van der Waals surface area contributed by atoms with Gasteiger partial charge in [-0.2, -0.15) is 5.10 Å². The number of hydrogen-bond donors (Lipinski definition) is 2. The summed E-state index contributed by atoms with van der Waals surface area (Å²) in [6.45, 7) is 4.79. The van der Waals surface area contributed by atoms with Crippen molar-refractivity contribution in [3.63, 3.8) is 0 Å². The highest BCUT2D eigenvalue weighted by Gasteiger charge is 2.16. The molecule has 1 aliphatic heterocycles. The highest BCUT2D eigenvalue weighted by atomic mass is 16.1. The Bertz CT molecular complexity index is 687. The van der Waals surface area contributed by atoms with Crippen LogP contribution in [0.25, 0.3) is 0 Å². The number of aromatic nitrogens is 2. The van der Waals surface area contributed by atoms with Crippen LogP contribution in [0.1, 0.15) is 27.3 Å². The minimum absolute atomic E-state index is 0.0844. The van der Waals surface area contributed by atoms with Crippen LogP contribution < -0.4 is 10.6 Å². The average molecular weight is 270 g/mol. The second kappa shape index (κ2) is 4.67. The molecule has 2 aromatic rings. The van der Waals surface area contributed by atoms with Crippen molar-refractivity contribution < 1.29 is 4.79 Å². The van der Waals surface area contributed by atoms with Gasteiger partial charge in [0.2, 0.25) is 0 Å². The van der Waals surface area contributed by atoms with Crippen LogP contribution >= 0.6 is 0 Å². The van der Waals surface area contributed by atoms with Crippen LogP contribution in [0.4, 0.5) is 11.4 Å². The molecular formula is C15H18N4O. The van der Waals surface area contributed by atoms with Gasteiger partial charge >= 0.3 is 0 Å². The number of fused-ring (bicyclic) bond motifs is 1. The van der Waals surface area contributed by atoms with Gasteiger partial charge in [-0.25, -0.2) is 0 Å². The third-order valence-corrected chi connectivity index (χ3v) is 3.82. The fourth-order valence-electron chi connectivity index (χ4n) is 2.59. The predicted molar refractivity (Wildman–Crippen MR) is 79.3 cm³/mol. The number of nitrogens with zero attached hydrogens (tertiary/aromatic N) is 2. The lowest BCUT2D eigenvalue weighted by molar-refractivity contribution is 0.102. The zero-order chi connectivity index (χ0) is 14.3. The van der Waals surface area contributed by atoms with Crippen LogP contribution in [0.15, 0.2) is 18.2 Å². The van der Waals surface area contributed by atoms with Crippen LogP contribution in [0.3, 0.4) is 0 Å². The Hall–Kier alpha value is -2.30. The van der Waals surface area contributed by atoms with Crippen LogP contribution in [0.5, 0.6) is 0 Å². The van der Waals surface area contributed by atoms with E-state index in [1.165, 1.54) is 5.56 Å². The summed E-state index contributed by atoms with van der Waals surface area (Å²) in [4.78, 5) is 12.4. The molecule has 20 heavy (non-hydrogen) atoms. The van der Waals surface area contributed by atoms with Gasteiger partial charge in [-0.3, -0.25) is 9.48 Å². The first-order valence-corrected chi connectivity index (χ1v) is 6.74. The number of anilines is 2. The number of amides is 1. The van der Waals surface area contributed by atoms with Gasteiger partial charge in [0.15, 0.2) is 0 Å². The molecule has 1 aromatic heterocycles. The predicted octanol–water partition coefficient (Wildman–Crippen LogP) is 2.26. The molecule has 1 aromatic carbocycles. The molecule has 2 heterocycles. The number of hydrogen-bond acceptors (Lipinski definition) is 3. The summed E-state index contributed by atoms with van der Waals surface area (Å²) in [6.07, 6.45) is 0.974. The van der Waals surface area contributed by atoms with Crippen molar-refractivity contribution >= 4 is 17.3 Å². The number of carbonyl (C=O) groups excluding carboxylic acids is 1. The molecule has 104 valence electrons. The third kappa shape index (κ3) is 2.05. The monoisotopic (exact) mass is 270 g/mol. The van der Waals surface area contributed by atoms with Gasteiger partial charge in [0.1, 0.15) is 0 Å². The van der Waals surface area contributed by atoms with Gasteiger partial charge in [0.05, 0.1) is 17.1 Å². The smallest absolute Gasteiger partial charge is 0.255 e. The molecule has 3 rings (SSSR count). The molecule has 0 atom stereocenters. The zero-order valence-electron chi connectivity index (χ0n) is 11.9. The molecule has 2 N–H and O–H groups in total. The summed E-state index contributed by atoms with van der Waals surface area (Å²) >= 11 is 0. The highest BCUT2D eigenvalue weighted by molar-refractivity contribution is 6.05. The lowest BCUT2D eigenvalue weighted by atomic mass is 10.1. The molecule has 0 saturated carbocycles. The van der Waals surface area contributed by atoms with Gasteiger partial charge in [0, 0.05) is 24.8 Å². The van der Waals surface area contributed by atoms with E-state index >= 15 is 0 Å². The van der Waals surface area contributed by atoms with Crippen molar-refractivity contribution in [2.45, 2.75) is 20.3 Å². The van der Waals surface area contributed by atoms with E-state index in [0.29, 0.717) is 5.56 Å². The first kappa shape index (κ1) is 12.7. The molecule has 0 radical (unpaired) electrons. The quantitative estimate of drug-likeness (QED) is 0.880. The van der Waals surface area contributed by atoms with Gasteiger partial charge < -0.3 is 10.6 Å². The SMILES string of the molecule is Cc1nn(C)c(C)c1NC(=O)c1ccc2c(c1)CCN2. The molecule has 0 bridgehead atoms. The first-order chi connectivity index (χ1) is 9.56. The standard InChI is InChI=1S/C15H18N4O/c1-9-14(10(2)19(3)18-9)17-15(20)12-4-5-13-11(8-12)6-7-16-13/h4-5,8,16H,6-7H2,1-3H3,(H,17,20). The zero-order valence-corrected chi connectivity index (χ0v) is 11.9. The van der Waals surface area contributed by atoms with E-state index in [1.807, 2.05) is 39.1 Å². The number of carbonyl (C=O) groups is 1. The molecule has 0 unspecified atom stereocenters. The van der Waals surface area contributed by atoms with Crippen molar-refractivity contribution in [3.05, 3.63) is 40.7 Å². The Balaban J connectivity index is 1.86. The minimum Gasteiger partial charge on any atom is -0.384 e. The van der Waals surface area contributed by atoms with Crippen molar-refractivity contribution in [1.82, 2.24) is 9.78 Å². The maximum Gasteiger partial charge on any atom is 0.255 e. The van der Waals surface area contributed by atoms with E-state index in [-0.39, 0.29) is 5.91 Å². The lowest BCUT2D eigenvalue weighted by Gasteiger charge is -2.07. The number of aryl methyl sites for hydroxylation is 2. The highest BCUT2D eigenvalue weighted by Crippen LogP contribution is 2.24. The third-order valence-electron chi connectivity index (χ3n) is 3.82. The van der Waals surface area contributed by atoms with Gasteiger partial charge in [-0.1, -0.05) is 0 Å². The van der Waals surface area contributed by atoms with E-state index in [9.17, 15) is 4.79 Å². The van der Waals surface area contributed by atoms with Crippen molar-refractivity contribution in [3.8, 4) is 0 Å². The van der Waals surface area contributed by atoms with Gasteiger partial charge in [-0.05, 0) is 44.0 Å². The topological polar surface area (TPSA) is 59.0 Å². The molecule has 5 nitrogen and oxygen atoms in total. The van der Waals surface area contributed by atoms with Crippen molar-refractivity contribution in [1.29, 1.82) is 0 Å². The molecule has 0 saturated heterocycles. The molecule has 1 amide bonds. The van der Waals surface area contributed by atoms with Crippen LogP contribution in [0, 0.1) is 13.8 Å². The number of nitrogens with one attached hydrogen (secondary N) is 2. The summed E-state index contributed by atoms with van der Waals surface area (Å²) in [5.41, 5.74) is 5.62. The van der Waals surface area contributed by atoms with Gasteiger partial charge in [-0.15, -0.1) is 0 Å². The van der Waals surface area contributed by atoms with Crippen LogP contribution in [-0.4, -0.2) is 22.2 Å². The second-order valence-corrected chi connectivity index (χ2v) is 5.17. The summed E-state index contributed by atoms with van der Waals surface area (Å²) < 4.78 is 1.78. The fraction of sp³-hybridized carbons (Fsp3) is 0.333. The Morgan fingerprint density at radius 2 is 2.20 bits per heavy atom. The van der Waals surface area contributed by atoms with E-state index in [4.69, 9.17) is 0 Å². The van der Waals surface area contributed by atoms with E-state index in [2.05, 4.69) is 15.7 Å². The molecular weight excluding hydrogens is 252 g/mol. The molecule has 0 fully saturated rings. The average Bonchev–Trinajstić information content (AvgIpc) is 2.98. The van der Waals surface area contributed by atoms with E-state index < -0.39 is 0 Å². The number of benzene rings is 1. The van der Waals surface area contributed by atoms with E-state index in [0.717, 1.165) is 35.7 Å². The Morgan fingerprint density at radius 1 is 1.40 bits per heavy atom. The largest absolute Gasteiger partial charge is 0.384 e. The maximum absolute atomic E-state index is 12.4. The molecule has 1 aliphatic rings. The molecule has 5 heteroatoms. The van der Waals surface area contributed by atoms with Gasteiger partial charge in [0.25, 0.3) is 5.91 Å². The van der Waals surface area contributed by atoms with E-state index in [1.54, 1.807) is 4.68 Å². The summed E-state index contributed by atoms with van der Waals surface area (Å²) in [7, 11) is 1.87. The Kier molecular flexibility index (Phi) is 2.97. The summed E-state index contributed by atoms with van der Waals surface area (Å²) in [5.74, 6) is -0.0844. The van der Waals surface area contributed by atoms with Crippen molar-refractivity contribution in [2.75, 3.05) is 17.2 Å².